The number of carbonyl (C=O) groups is 2. The number of rotatable bonds is 8. The predicted molar refractivity (Wildman–Crippen MR) is 140 cm³/mol. The summed E-state index contributed by atoms with van der Waals surface area (Å²) in [6.07, 6.45) is 2.23. The summed E-state index contributed by atoms with van der Waals surface area (Å²) in [5.74, 6) is -0.958. The first-order valence-corrected chi connectivity index (χ1v) is 14.0. The van der Waals surface area contributed by atoms with Gasteiger partial charge in [-0.15, -0.1) is 0 Å². The molecule has 0 aliphatic carbocycles. The zero-order valence-electron chi connectivity index (χ0n) is 22.3. The van der Waals surface area contributed by atoms with E-state index in [1.54, 1.807) is 18.7 Å². The Balaban J connectivity index is 1.57. The van der Waals surface area contributed by atoms with Crippen LogP contribution in [0.4, 0.5) is 0 Å². The van der Waals surface area contributed by atoms with Gasteiger partial charge in [-0.3, -0.25) is 14.6 Å². The van der Waals surface area contributed by atoms with E-state index in [9.17, 15) is 18.0 Å². The number of aliphatic imine (C=N–C) groups is 1. The molecule has 12 heteroatoms. The Bertz CT molecular complexity index is 1200. The summed E-state index contributed by atoms with van der Waals surface area (Å²) in [7, 11) is -3.98. The lowest BCUT2D eigenvalue weighted by Gasteiger charge is -2.31. The average Bonchev–Trinajstić information content (AvgIpc) is 3.15. The number of hydrogen-bond acceptors (Lipinski definition) is 7. The number of nitrogens with two attached hydrogens (primary N) is 2. The standard InChI is InChI=1S/C25H39N5O6S/c1-14-15(2)21(16(3)18-13-25(4,5)36-20(14)18)37(34,35)29-24(27)28-10-6-7-19(26)22(31)30-11-8-17(9-12-30)23(32)33/h17,19H,6-13,26H2,1-5H3,(H,32,33)(H3,27,28,29). The van der Waals surface area contributed by atoms with Crippen molar-refractivity contribution in [2.45, 2.75) is 83.3 Å². The molecule has 206 valence electrons. The minimum absolute atomic E-state index is 0.183. The number of hydrogen-bond donors (Lipinski definition) is 4. The van der Waals surface area contributed by atoms with E-state index in [1.165, 1.54) is 0 Å². The molecule has 2 aliphatic rings. The van der Waals surface area contributed by atoms with Gasteiger partial charge in [-0.05, 0) is 77.0 Å². The number of amides is 1. The molecule has 1 aromatic carbocycles. The summed E-state index contributed by atoms with van der Waals surface area (Å²) in [5, 5.41) is 9.09. The van der Waals surface area contributed by atoms with E-state index in [4.69, 9.17) is 21.3 Å². The molecule has 2 aliphatic heterocycles. The Morgan fingerprint density at radius 3 is 2.41 bits per heavy atom. The summed E-state index contributed by atoms with van der Waals surface area (Å²) < 4.78 is 34.9. The molecule has 6 N–H and O–H groups in total. The lowest BCUT2D eigenvalue weighted by molar-refractivity contribution is -0.146. The van der Waals surface area contributed by atoms with Crippen LogP contribution in [0.2, 0.25) is 0 Å². The van der Waals surface area contributed by atoms with Crippen LogP contribution < -0.4 is 20.9 Å². The number of nitrogens with one attached hydrogen (secondary N) is 1. The maximum Gasteiger partial charge on any atom is 0.306 e. The fraction of sp³-hybridized carbons (Fsp3) is 0.640. The summed E-state index contributed by atoms with van der Waals surface area (Å²) in [6.45, 7) is 10.3. The minimum atomic E-state index is -3.98. The zero-order valence-corrected chi connectivity index (χ0v) is 23.1. The summed E-state index contributed by atoms with van der Waals surface area (Å²) in [5.41, 5.74) is 14.4. The lowest BCUT2D eigenvalue weighted by Crippen LogP contribution is -2.48. The zero-order chi connectivity index (χ0) is 27.7. The molecule has 1 unspecified atom stereocenters. The molecule has 2 heterocycles. The molecule has 1 aromatic rings. The van der Waals surface area contributed by atoms with Crippen molar-refractivity contribution in [1.82, 2.24) is 9.62 Å². The molecule has 37 heavy (non-hydrogen) atoms. The van der Waals surface area contributed by atoms with E-state index in [1.807, 2.05) is 20.8 Å². The number of ether oxygens (including phenoxy) is 1. The van der Waals surface area contributed by atoms with Crippen LogP contribution in [0.5, 0.6) is 5.75 Å². The Labute approximate surface area is 218 Å². The number of aliphatic carboxylic acids is 1. The Kier molecular flexibility index (Phi) is 8.43. The van der Waals surface area contributed by atoms with Crippen molar-refractivity contribution in [3.05, 3.63) is 22.3 Å². The van der Waals surface area contributed by atoms with Crippen LogP contribution in [0, 0.1) is 26.7 Å². The Morgan fingerprint density at radius 1 is 1.19 bits per heavy atom. The van der Waals surface area contributed by atoms with Gasteiger partial charge >= 0.3 is 5.97 Å². The summed E-state index contributed by atoms with van der Waals surface area (Å²) in [4.78, 5) is 29.5. The van der Waals surface area contributed by atoms with E-state index in [-0.39, 0.29) is 23.3 Å². The van der Waals surface area contributed by atoms with Gasteiger partial charge in [0.25, 0.3) is 10.0 Å². The molecule has 0 bridgehead atoms. The van der Waals surface area contributed by atoms with Crippen molar-refractivity contribution in [3.8, 4) is 5.75 Å². The molecular weight excluding hydrogens is 498 g/mol. The molecule has 1 atom stereocenters. The number of likely N-dealkylation sites (tertiary alicyclic amines) is 1. The van der Waals surface area contributed by atoms with Crippen molar-refractivity contribution in [2.75, 3.05) is 19.6 Å². The highest BCUT2D eigenvalue weighted by molar-refractivity contribution is 7.90. The molecule has 1 saturated heterocycles. The van der Waals surface area contributed by atoms with Crippen LogP contribution in [0.25, 0.3) is 0 Å². The van der Waals surface area contributed by atoms with Gasteiger partial charge in [0, 0.05) is 31.6 Å². The van der Waals surface area contributed by atoms with Crippen LogP contribution >= 0.6 is 0 Å². The van der Waals surface area contributed by atoms with Crippen LogP contribution in [0.1, 0.15) is 61.8 Å². The molecular formula is C25H39N5O6S. The number of carbonyl (C=O) groups excluding carboxylic acids is 1. The van der Waals surface area contributed by atoms with E-state index in [2.05, 4.69) is 9.71 Å². The van der Waals surface area contributed by atoms with Gasteiger partial charge in [0.1, 0.15) is 11.4 Å². The monoisotopic (exact) mass is 537 g/mol. The second-order valence-corrected chi connectivity index (χ2v) is 12.2. The first kappa shape index (κ1) is 28.7. The van der Waals surface area contributed by atoms with Gasteiger partial charge in [-0.25, -0.2) is 13.1 Å². The average molecular weight is 538 g/mol. The Morgan fingerprint density at radius 2 is 1.81 bits per heavy atom. The van der Waals surface area contributed by atoms with Crippen molar-refractivity contribution < 1.29 is 27.9 Å². The smallest absolute Gasteiger partial charge is 0.306 e. The van der Waals surface area contributed by atoms with Crippen molar-refractivity contribution in [2.24, 2.45) is 22.4 Å². The number of fused-ring (bicyclic) bond motifs is 1. The number of piperidine rings is 1. The van der Waals surface area contributed by atoms with Crippen molar-refractivity contribution in [3.63, 3.8) is 0 Å². The summed E-state index contributed by atoms with van der Waals surface area (Å²) >= 11 is 0. The first-order chi connectivity index (χ1) is 17.1. The third-order valence-electron chi connectivity index (χ3n) is 7.23. The van der Waals surface area contributed by atoms with Crippen LogP contribution in [-0.4, -0.2) is 67.5 Å². The number of nitrogens with zero attached hydrogens (tertiary/aromatic N) is 2. The molecule has 0 radical (unpaired) electrons. The van der Waals surface area contributed by atoms with Crippen molar-refractivity contribution in [1.29, 1.82) is 0 Å². The maximum absolute atomic E-state index is 13.2. The maximum atomic E-state index is 13.2. The van der Waals surface area contributed by atoms with E-state index in [0.717, 1.165) is 16.9 Å². The highest BCUT2D eigenvalue weighted by Crippen LogP contribution is 2.43. The normalized spacial score (nSPS) is 18.8. The van der Waals surface area contributed by atoms with Gasteiger partial charge in [-0.2, -0.15) is 0 Å². The minimum Gasteiger partial charge on any atom is -0.487 e. The largest absolute Gasteiger partial charge is 0.487 e. The van der Waals surface area contributed by atoms with Gasteiger partial charge < -0.3 is 26.2 Å². The number of benzene rings is 1. The quantitative estimate of drug-likeness (QED) is 0.218. The van der Waals surface area contributed by atoms with Crippen molar-refractivity contribution >= 4 is 27.9 Å². The van der Waals surface area contributed by atoms with E-state index in [0.29, 0.717) is 56.3 Å². The Hall–Kier alpha value is -2.86. The molecule has 0 saturated carbocycles. The van der Waals surface area contributed by atoms with Crippen LogP contribution in [-0.2, 0) is 26.0 Å². The fourth-order valence-corrected chi connectivity index (χ4v) is 6.61. The van der Waals surface area contributed by atoms with Gasteiger partial charge in [0.2, 0.25) is 11.9 Å². The molecule has 11 nitrogen and oxygen atoms in total. The van der Waals surface area contributed by atoms with E-state index >= 15 is 0 Å². The number of guanidine groups is 1. The third kappa shape index (κ3) is 6.35. The summed E-state index contributed by atoms with van der Waals surface area (Å²) in [6, 6.07) is -0.736. The van der Waals surface area contributed by atoms with Gasteiger partial charge in [-0.1, -0.05) is 0 Å². The second-order valence-electron chi connectivity index (χ2n) is 10.6. The number of sulfonamides is 1. The fourth-order valence-electron chi connectivity index (χ4n) is 5.08. The lowest BCUT2D eigenvalue weighted by atomic mass is 9.94. The van der Waals surface area contributed by atoms with Crippen LogP contribution in [0.3, 0.4) is 0 Å². The molecule has 3 rings (SSSR count). The molecule has 1 amide bonds. The topological polar surface area (TPSA) is 177 Å². The molecule has 0 spiro atoms. The number of carboxylic acids is 1. The molecule has 0 aromatic heterocycles. The molecule has 1 fully saturated rings. The third-order valence-corrected chi connectivity index (χ3v) is 8.86. The van der Waals surface area contributed by atoms with Gasteiger partial charge in [0.05, 0.1) is 16.9 Å². The predicted octanol–water partition coefficient (Wildman–Crippen LogP) is 1.35. The first-order valence-electron chi connectivity index (χ1n) is 12.6. The highest BCUT2D eigenvalue weighted by Gasteiger charge is 2.36. The van der Waals surface area contributed by atoms with Gasteiger partial charge in [0.15, 0.2) is 0 Å². The number of carboxylic acid groups (broad SMARTS) is 1. The SMILES string of the molecule is Cc1c(C)c(S(=O)(=O)NC(N)=NCCCC(N)C(=O)N2CCC(C(=O)O)CC2)c(C)c2c1OC(C)(C)C2. The second kappa shape index (κ2) is 10.9. The van der Waals surface area contributed by atoms with E-state index < -0.39 is 33.6 Å². The van der Waals surface area contributed by atoms with Crippen LogP contribution in [0.15, 0.2) is 9.89 Å². The highest BCUT2D eigenvalue weighted by atomic mass is 32.2.